The second-order valence-electron chi connectivity index (χ2n) is 8.83. The summed E-state index contributed by atoms with van der Waals surface area (Å²) in [6, 6.07) is 8.48. The number of fused-ring (bicyclic) bond motifs is 1. The Morgan fingerprint density at radius 2 is 1.97 bits per heavy atom. The average Bonchev–Trinajstić information content (AvgIpc) is 2.88. The van der Waals surface area contributed by atoms with E-state index in [2.05, 4.69) is 45.0 Å². The summed E-state index contributed by atoms with van der Waals surface area (Å²) >= 11 is 0. The van der Waals surface area contributed by atoms with Crippen molar-refractivity contribution in [1.29, 1.82) is 0 Å². The zero-order valence-corrected chi connectivity index (χ0v) is 21.1. The van der Waals surface area contributed by atoms with Crippen LogP contribution >= 0.6 is 0 Å². The Morgan fingerprint density at radius 3 is 2.69 bits per heavy atom. The van der Waals surface area contributed by atoms with Crippen LogP contribution in [0.5, 0.6) is 5.75 Å². The smallest absolute Gasteiger partial charge is 0.159 e. The fraction of sp³-hybridized carbons (Fsp3) is 0.370. The Hall–Kier alpha value is -3.65. The van der Waals surface area contributed by atoms with Crippen molar-refractivity contribution in [1.82, 2.24) is 19.9 Å². The molecule has 1 aromatic carbocycles. The monoisotopic (exact) mass is 471 g/mol. The molecule has 8 nitrogen and oxygen atoms in total. The van der Waals surface area contributed by atoms with Crippen molar-refractivity contribution < 1.29 is 4.74 Å². The van der Waals surface area contributed by atoms with Crippen molar-refractivity contribution in [2.45, 2.75) is 32.7 Å². The van der Waals surface area contributed by atoms with E-state index in [1.807, 2.05) is 50.3 Å². The van der Waals surface area contributed by atoms with Gasteiger partial charge in [-0.25, -0.2) is 15.0 Å². The van der Waals surface area contributed by atoms with Crippen LogP contribution in [0.25, 0.3) is 11.4 Å². The lowest BCUT2D eigenvalue weighted by Crippen LogP contribution is -2.35. The number of aromatic nitrogens is 2. The van der Waals surface area contributed by atoms with Gasteiger partial charge in [0.15, 0.2) is 11.6 Å². The average molecular weight is 472 g/mol. The first kappa shape index (κ1) is 24.5. The van der Waals surface area contributed by atoms with Crippen molar-refractivity contribution in [3.05, 3.63) is 66.1 Å². The summed E-state index contributed by atoms with van der Waals surface area (Å²) in [7, 11) is 5.82. The van der Waals surface area contributed by atoms with Crippen LogP contribution in [0, 0.1) is 0 Å². The zero-order valence-electron chi connectivity index (χ0n) is 21.1. The maximum absolute atomic E-state index is 5.72. The molecule has 0 spiro atoms. The fourth-order valence-electron chi connectivity index (χ4n) is 3.79. The van der Waals surface area contributed by atoms with Crippen LogP contribution in [-0.4, -0.2) is 77.5 Å². The summed E-state index contributed by atoms with van der Waals surface area (Å²) in [6.07, 6.45) is 11.4. The lowest BCUT2D eigenvalue weighted by molar-refractivity contribution is 0.260. The predicted molar refractivity (Wildman–Crippen MR) is 142 cm³/mol. The normalized spacial score (nSPS) is 17.7. The number of rotatable bonds is 9. The van der Waals surface area contributed by atoms with E-state index in [0.29, 0.717) is 18.2 Å². The molecular weight excluding hydrogens is 438 g/mol. The molecule has 0 aliphatic carbocycles. The van der Waals surface area contributed by atoms with E-state index in [1.165, 1.54) is 0 Å². The number of hydrogen-bond acceptors (Lipinski definition) is 8. The molecule has 0 saturated heterocycles. The molecule has 3 heterocycles. The third-order valence-corrected chi connectivity index (χ3v) is 5.90. The van der Waals surface area contributed by atoms with E-state index >= 15 is 0 Å². The van der Waals surface area contributed by atoms with Crippen molar-refractivity contribution in [3.8, 4) is 17.1 Å². The van der Waals surface area contributed by atoms with E-state index in [-0.39, 0.29) is 6.04 Å². The van der Waals surface area contributed by atoms with Crippen molar-refractivity contribution >= 4 is 17.3 Å². The van der Waals surface area contributed by atoms with Gasteiger partial charge in [0.2, 0.25) is 0 Å². The maximum Gasteiger partial charge on any atom is 0.159 e. The Balaban J connectivity index is 1.53. The molecule has 35 heavy (non-hydrogen) atoms. The number of nitrogens with zero attached hydrogens (tertiary/aromatic N) is 7. The second-order valence-corrected chi connectivity index (χ2v) is 8.83. The van der Waals surface area contributed by atoms with E-state index < -0.39 is 0 Å². The molecule has 0 bridgehead atoms. The number of hydrogen-bond donors (Lipinski definition) is 0. The number of allylic oxidation sites excluding steroid dienone is 2. The summed E-state index contributed by atoms with van der Waals surface area (Å²) < 4.78 is 5.72. The number of hydrazone groups is 1. The molecule has 4 rings (SSSR count). The van der Waals surface area contributed by atoms with Crippen LogP contribution in [-0.2, 0) is 6.42 Å². The first-order chi connectivity index (χ1) is 17.0. The third-order valence-electron chi connectivity index (χ3n) is 5.90. The quantitative estimate of drug-likeness (QED) is 0.516. The Kier molecular flexibility index (Phi) is 7.82. The van der Waals surface area contributed by atoms with Gasteiger partial charge < -0.3 is 9.64 Å². The van der Waals surface area contributed by atoms with Crippen molar-refractivity contribution in [3.63, 3.8) is 0 Å². The summed E-state index contributed by atoms with van der Waals surface area (Å²) in [5.41, 5.74) is 4.98. The van der Waals surface area contributed by atoms with E-state index in [4.69, 9.17) is 14.8 Å². The van der Waals surface area contributed by atoms with Gasteiger partial charge in [-0.15, -0.1) is 0 Å². The molecule has 182 valence electrons. The van der Waals surface area contributed by atoms with Gasteiger partial charge in [0.05, 0.1) is 24.1 Å². The van der Waals surface area contributed by atoms with Gasteiger partial charge in [0, 0.05) is 31.3 Å². The molecular formula is C27H33N7O. The highest BCUT2D eigenvalue weighted by atomic mass is 16.5. The summed E-state index contributed by atoms with van der Waals surface area (Å²) in [5.74, 6) is 2.22. The lowest BCUT2D eigenvalue weighted by atomic mass is 10.0. The highest BCUT2D eigenvalue weighted by Crippen LogP contribution is 2.26. The lowest BCUT2D eigenvalue weighted by Gasteiger charge is -2.31. The molecule has 0 N–H and O–H groups in total. The third kappa shape index (κ3) is 6.08. The van der Waals surface area contributed by atoms with Gasteiger partial charge in [0.1, 0.15) is 18.2 Å². The van der Waals surface area contributed by atoms with Crippen molar-refractivity contribution in [2.24, 2.45) is 15.1 Å². The van der Waals surface area contributed by atoms with Gasteiger partial charge in [-0.2, -0.15) is 5.10 Å². The van der Waals surface area contributed by atoms with Gasteiger partial charge in [0.25, 0.3) is 0 Å². The minimum atomic E-state index is 0.144. The van der Waals surface area contributed by atoms with Crippen LogP contribution < -0.4 is 4.74 Å². The maximum atomic E-state index is 5.72. The zero-order chi connectivity index (χ0) is 24.8. The Labute approximate surface area is 207 Å². The summed E-state index contributed by atoms with van der Waals surface area (Å²) in [6.45, 7) is 5.56. The largest absolute Gasteiger partial charge is 0.489 e. The van der Waals surface area contributed by atoms with Crippen LogP contribution in [0.15, 0.2) is 75.7 Å². The van der Waals surface area contributed by atoms with E-state index in [0.717, 1.165) is 53.5 Å². The molecule has 0 radical (unpaired) electrons. The first-order valence-corrected chi connectivity index (χ1v) is 11.9. The molecule has 2 aliphatic rings. The molecule has 8 heteroatoms. The van der Waals surface area contributed by atoms with Gasteiger partial charge in [-0.1, -0.05) is 25.1 Å². The summed E-state index contributed by atoms with van der Waals surface area (Å²) in [5, 5.41) is 6.78. The van der Waals surface area contributed by atoms with Crippen LogP contribution in [0.2, 0.25) is 0 Å². The first-order valence-electron chi connectivity index (χ1n) is 11.9. The molecule has 2 aromatic rings. The number of ether oxygens (including phenoxy) is 1. The van der Waals surface area contributed by atoms with Crippen LogP contribution in [0.3, 0.4) is 0 Å². The molecule has 0 fully saturated rings. The topological polar surface area (TPSA) is 78.6 Å². The van der Waals surface area contributed by atoms with E-state index in [1.54, 1.807) is 19.4 Å². The van der Waals surface area contributed by atoms with Gasteiger partial charge >= 0.3 is 0 Å². The Bertz CT molecular complexity index is 1190. The SMILES string of the molecule is CCC1C=C(Cc2cccc(-c3ncc(OCCN(C)C)cn3)c2)N2N=C(C(C)=NC)C=CC2=N1. The number of benzene rings is 1. The number of aliphatic imine (C=N–C) groups is 2. The highest BCUT2D eigenvalue weighted by molar-refractivity contribution is 6.46. The minimum Gasteiger partial charge on any atom is -0.489 e. The molecule has 0 saturated carbocycles. The van der Waals surface area contributed by atoms with Crippen LogP contribution in [0.4, 0.5) is 0 Å². The molecule has 2 aliphatic heterocycles. The predicted octanol–water partition coefficient (Wildman–Crippen LogP) is 4.02. The molecule has 0 amide bonds. The fourth-order valence-corrected chi connectivity index (χ4v) is 3.79. The number of likely N-dealkylation sites (N-methyl/N-ethyl adjacent to an activating group) is 1. The molecule has 1 unspecified atom stereocenters. The van der Waals surface area contributed by atoms with Gasteiger partial charge in [-0.3, -0.25) is 9.98 Å². The standard InChI is InChI=1S/C27H33N7O/c1-6-22-16-23(34-26(31-22)11-10-25(32-34)19(2)28-3)15-20-8-7-9-21(14-20)27-29-17-24(18-30-27)35-13-12-33(4)5/h7-11,14,16-18,22H,6,12-13,15H2,1-5H3. The Morgan fingerprint density at radius 1 is 1.17 bits per heavy atom. The number of amidine groups is 1. The molecule has 1 aromatic heterocycles. The summed E-state index contributed by atoms with van der Waals surface area (Å²) in [4.78, 5) is 20.3. The minimum absolute atomic E-state index is 0.144. The molecule has 1 atom stereocenters. The van der Waals surface area contributed by atoms with Crippen molar-refractivity contribution in [2.75, 3.05) is 34.3 Å². The highest BCUT2D eigenvalue weighted by Gasteiger charge is 2.25. The van der Waals surface area contributed by atoms with Crippen LogP contribution in [0.1, 0.15) is 25.8 Å². The second kappa shape index (κ2) is 11.2. The van der Waals surface area contributed by atoms with Gasteiger partial charge in [-0.05, 0) is 57.3 Å². The van der Waals surface area contributed by atoms with E-state index in [9.17, 15) is 0 Å².